The van der Waals surface area contributed by atoms with E-state index in [1.54, 1.807) is 14.2 Å². The first-order chi connectivity index (χ1) is 13.1. The van der Waals surface area contributed by atoms with Gasteiger partial charge in [0.05, 0.1) is 20.3 Å². The number of likely N-dealkylation sites (N-methyl/N-ethyl adjacent to an activating group) is 1. The van der Waals surface area contributed by atoms with Crippen molar-refractivity contribution in [2.24, 2.45) is 0 Å². The van der Waals surface area contributed by atoms with Gasteiger partial charge in [-0.05, 0) is 44.6 Å². The van der Waals surface area contributed by atoms with Crippen LogP contribution >= 0.6 is 0 Å². The lowest BCUT2D eigenvalue weighted by Gasteiger charge is -2.38. The van der Waals surface area contributed by atoms with E-state index >= 15 is 0 Å². The number of likely N-dealkylation sites (tertiary alicyclic amines) is 1. The van der Waals surface area contributed by atoms with E-state index in [4.69, 9.17) is 9.47 Å². The number of hydrogen-bond donors (Lipinski definition) is 0. The van der Waals surface area contributed by atoms with Gasteiger partial charge in [0.25, 0.3) is 0 Å². The van der Waals surface area contributed by atoms with Gasteiger partial charge in [-0.3, -0.25) is 14.6 Å². The van der Waals surface area contributed by atoms with Crippen molar-refractivity contribution >= 4 is 5.91 Å². The number of methoxy groups -OCH3 is 2. The van der Waals surface area contributed by atoms with Crippen LogP contribution in [0.15, 0.2) is 18.2 Å². The van der Waals surface area contributed by atoms with E-state index < -0.39 is 0 Å². The second kappa shape index (κ2) is 9.42. The predicted molar refractivity (Wildman–Crippen MR) is 106 cm³/mol. The molecule has 2 fully saturated rings. The van der Waals surface area contributed by atoms with Crippen LogP contribution in [0.1, 0.15) is 31.2 Å². The van der Waals surface area contributed by atoms with E-state index in [1.807, 2.05) is 18.2 Å². The van der Waals surface area contributed by atoms with Crippen molar-refractivity contribution in [3.05, 3.63) is 23.8 Å². The molecule has 27 heavy (non-hydrogen) atoms. The number of amides is 1. The number of nitrogens with zero attached hydrogens (tertiary/aromatic N) is 3. The van der Waals surface area contributed by atoms with E-state index in [0.717, 1.165) is 69.2 Å². The summed E-state index contributed by atoms with van der Waals surface area (Å²) in [7, 11) is 5.48. The molecule has 1 aromatic carbocycles. The van der Waals surface area contributed by atoms with Gasteiger partial charge in [0.2, 0.25) is 5.91 Å². The first-order valence-corrected chi connectivity index (χ1v) is 10.0. The van der Waals surface area contributed by atoms with Gasteiger partial charge in [-0.2, -0.15) is 0 Å². The van der Waals surface area contributed by atoms with Gasteiger partial charge < -0.3 is 14.4 Å². The van der Waals surface area contributed by atoms with Crippen LogP contribution in [0.3, 0.4) is 0 Å². The lowest BCUT2D eigenvalue weighted by Crippen LogP contribution is -2.54. The lowest BCUT2D eigenvalue weighted by molar-refractivity contribution is -0.138. The van der Waals surface area contributed by atoms with Gasteiger partial charge in [0, 0.05) is 38.3 Å². The molecule has 2 aliphatic heterocycles. The summed E-state index contributed by atoms with van der Waals surface area (Å²) in [4.78, 5) is 19.7. The summed E-state index contributed by atoms with van der Waals surface area (Å²) in [6.07, 6.45) is 4.60. The average Bonchev–Trinajstić information content (AvgIpc) is 2.92. The zero-order valence-electron chi connectivity index (χ0n) is 16.9. The van der Waals surface area contributed by atoms with E-state index in [0.29, 0.717) is 5.91 Å². The highest BCUT2D eigenvalue weighted by atomic mass is 16.5. The minimum absolute atomic E-state index is 0.0672. The standard InChI is InChI=1S/C21H33N3O3/c1-22-10-6-4-5-7-19(22)21(25)24-13-11-23(12-14-24)16-17-15-18(26-2)8-9-20(17)27-3/h8-9,15,19H,4-7,10-14,16H2,1-3H3/t19-/m1/s1. The molecule has 0 aliphatic carbocycles. The maximum atomic E-state index is 13.0. The van der Waals surface area contributed by atoms with Crippen LogP contribution in [-0.2, 0) is 11.3 Å². The first kappa shape index (κ1) is 20.0. The molecular formula is C21H33N3O3. The molecule has 0 unspecified atom stereocenters. The Morgan fingerprint density at radius 2 is 1.81 bits per heavy atom. The van der Waals surface area contributed by atoms with E-state index in [1.165, 1.54) is 12.8 Å². The Balaban J connectivity index is 1.56. The average molecular weight is 376 g/mol. The molecule has 3 rings (SSSR count). The number of carbonyl (C=O) groups is 1. The summed E-state index contributed by atoms with van der Waals surface area (Å²) in [5.74, 6) is 2.04. The van der Waals surface area contributed by atoms with Crippen LogP contribution in [0.25, 0.3) is 0 Å². The van der Waals surface area contributed by atoms with Crippen LogP contribution in [-0.4, -0.2) is 80.6 Å². The maximum Gasteiger partial charge on any atom is 0.240 e. The van der Waals surface area contributed by atoms with Crippen LogP contribution < -0.4 is 9.47 Å². The summed E-state index contributed by atoms with van der Waals surface area (Å²) in [5, 5.41) is 0. The lowest BCUT2D eigenvalue weighted by atomic mass is 10.1. The zero-order chi connectivity index (χ0) is 19.2. The summed E-state index contributed by atoms with van der Waals surface area (Å²) < 4.78 is 10.8. The molecule has 0 radical (unpaired) electrons. The number of hydrogen-bond acceptors (Lipinski definition) is 5. The summed E-state index contributed by atoms with van der Waals surface area (Å²) in [6, 6.07) is 5.98. The molecular weight excluding hydrogens is 342 g/mol. The third-order valence-electron chi connectivity index (χ3n) is 5.87. The van der Waals surface area contributed by atoms with Gasteiger partial charge in [-0.25, -0.2) is 0 Å². The fourth-order valence-electron chi connectivity index (χ4n) is 4.15. The van der Waals surface area contributed by atoms with Crippen LogP contribution in [0, 0.1) is 0 Å². The Kier molecular flexibility index (Phi) is 6.96. The van der Waals surface area contributed by atoms with Gasteiger partial charge in [0.15, 0.2) is 0 Å². The summed E-state index contributed by atoms with van der Waals surface area (Å²) in [6.45, 7) is 5.23. The minimum atomic E-state index is 0.0672. The second-order valence-corrected chi connectivity index (χ2v) is 7.62. The van der Waals surface area contributed by atoms with Crippen LogP contribution in [0.5, 0.6) is 11.5 Å². The second-order valence-electron chi connectivity index (χ2n) is 7.62. The topological polar surface area (TPSA) is 45.3 Å². The van der Waals surface area contributed by atoms with Crippen molar-refractivity contribution < 1.29 is 14.3 Å². The fraction of sp³-hybridized carbons (Fsp3) is 0.667. The Labute approximate surface area is 163 Å². The largest absolute Gasteiger partial charge is 0.497 e. The molecule has 0 bridgehead atoms. The Bertz CT molecular complexity index is 629. The van der Waals surface area contributed by atoms with Gasteiger partial charge in [-0.1, -0.05) is 12.8 Å². The number of ether oxygens (including phenoxy) is 2. The minimum Gasteiger partial charge on any atom is -0.497 e. The molecule has 0 aromatic heterocycles. The molecule has 2 heterocycles. The van der Waals surface area contributed by atoms with Crippen molar-refractivity contribution in [3.63, 3.8) is 0 Å². The normalized spacial score (nSPS) is 22.3. The number of benzene rings is 1. The van der Waals surface area contributed by atoms with Crippen LogP contribution in [0.2, 0.25) is 0 Å². The van der Waals surface area contributed by atoms with E-state index in [9.17, 15) is 4.79 Å². The molecule has 2 saturated heterocycles. The quantitative estimate of drug-likeness (QED) is 0.790. The maximum absolute atomic E-state index is 13.0. The van der Waals surface area contributed by atoms with Crippen molar-refractivity contribution in [1.82, 2.24) is 14.7 Å². The summed E-state index contributed by atoms with van der Waals surface area (Å²) in [5.41, 5.74) is 1.13. The number of rotatable bonds is 5. The number of piperazine rings is 1. The predicted octanol–water partition coefficient (Wildman–Crippen LogP) is 2.22. The fourth-order valence-corrected chi connectivity index (χ4v) is 4.15. The molecule has 1 atom stereocenters. The molecule has 0 saturated carbocycles. The SMILES string of the molecule is COc1ccc(OC)c(CN2CCN(C(=O)[C@H]3CCCCCN3C)CC2)c1. The molecule has 0 spiro atoms. The molecule has 0 N–H and O–H groups in total. The van der Waals surface area contributed by atoms with Crippen molar-refractivity contribution in [3.8, 4) is 11.5 Å². The Morgan fingerprint density at radius 3 is 2.52 bits per heavy atom. The highest BCUT2D eigenvalue weighted by Crippen LogP contribution is 2.26. The third-order valence-corrected chi connectivity index (χ3v) is 5.87. The Morgan fingerprint density at radius 1 is 1.04 bits per heavy atom. The highest BCUT2D eigenvalue weighted by molar-refractivity contribution is 5.82. The first-order valence-electron chi connectivity index (χ1n) is 10.0. The Hall–Kier alpha value is -1.79. The van der Waals surface area contributed by atoms with E-state index in [-0.39, 0.29) is 6.04 Å². The molecule has 2 aliphatic rings. The van der Waals surface area contributed by atoms with Gasteiger partial charge >= 0.3 is 0 Å². The molecule has 150 valence electrons. The summed E-state index contributed by atoms with van der Waals surface area (Å²) >= 11 is 0. The third kappa shape index (κ3) is 4.93. The zero-order valence-corrected chi connectivity index (χ0v) is 16.9. The molecule has 6 heteroatoms. The molecule has 6 nitrogen and oxygen atoms in total. The van der Waals surface area contributed by atoms with E-state index in [2.05, 4.69) is 21.7 Å². The number of carbonyl (C=O) groups excluding carboxylic acids is 1. The van der Waals surface area contributed by atoms with Gasteiger partial charge in [0.1, 0.15) is 11.5 Å². The smallest absolute Gasteiger partial charge is 0.240 e. The van der Waals surface area contributed by atoms with Crippen molar-refractivity contribution in [1.29, 1.82) is 0 Å². The molecule has 1 amide bonds. The van der Waals surface area contributed by atoms with Gasteiger partial charge in [-0.15, -0.1) is 0 Å². The van der Waals surface area contributed by atoms with Crippen molar-refractivity contribution in [2.75, 3.05) is 54.0 Å². The monoisotopic (exact) mass is 375 g/mol. The van der Waals surface area contributed by atoms with Crippen LogP contribution in [0.4, 0.5) is 0 Å². The highest BCUT2D eigenvalue weighted by Gasteiger charge is 2.30. The molecule has 1 aromatic rings. The van der Waals surface area contributed by atoms with Crippen molar-refractivity contribution in [2.45, 2.75) is 38.3 Å².